The predicted octanol–water partition coefficient (Wildman–Crippen LogP) is 3.52. The number of rotatable bonds is 4. The maximum absolute atomic E-state index is 14.6. The van der Waals surface area contributed by atoms with Crippen LogP contribution in [0.5, 0.6) is 0 Å². The van der Waals surface area contributed by atoms with Gasteiger partial charge in [0.05, 0.1) is 26.9 Å². The predicted molar refractivity (Wildman–Crippen MR) is 97.7 cm³/mol. The minimum Gasteiger partial charge on any atom is -0.442 e. The fraction of sp³-hybridized carbons (Fsp3) is 0.529. The Kier molecular flexibility index (Phi) is 4.81. The van der Waals surface area contributed by atoms with Crippen LogP contribution in [0.25, 0.3) is 0 Å². The number of carbonyl (C=O) groups excluding carboxylic acids is 1. The number of cyclic esters (lactones) is 1. The molecule has 3 rings (SSSR count). The fourth-order valence-electron chi connectivity index (χ4n) is 3.32. The zero-order valence-electron chi connectivity index (χ0n) is 14.6. The van der Waals surface area contributed by atoms with Gasteiger partial charge in [-0.15, -0.1) is 0 Å². The van der Waals surface area contributed by atoms with Crippen molar-refractivity contribution in [3.8, 4) is 0 Å². The Morgan fingerprint density at radius 3 is 2.44 bits per heavy atom. The summed E-state index contributed by atoms with van der Waals surface area (Å²) >= 11 is 0. The number of hydrogen-bond acceptors (Lipinski definition) is 4. The average Bonchev–Trinajstić information content (AvgIpc) is 2.89. The molecule has 136 valence electrons. The van der Waals surface area contributed by atoms with Crippen molar-refractivity contribution in [3.05, 3.63) is 23.8 Å². The van der Waals surface area contributed by atoms with Crippen LogP contribution in [0.4, 0.5) is 25.0 Å². The number of amides is 1. The fourth-order valence-corrected chi connectivity index (χ4v) is 5.32. The molecule has 0 aromatic heterocycles. The summed E-state index contributed by atoms with van der Waals surface area (Å²) in [5.74, 6) is -1.29. The third-order valence-electron chi connectivity index (χ3n) is 4.95. The zero-order chi connectivity index (χ0) is 18.2. The van der Waals surface area contributed by atoms with Gasteiger partial charge in [0.15, 0.2) is 11.6 Å². The van der Waals surface area contributed by atoms with E-state index in [0.29, 0.717) is 13.1 Å². The molecule has 1 amide bonds. The van der Waals surface area contributed by atoms with E-state index in [1.165, 1.54) is 17.0 Å². The SMILES string of the molecule is C=NCC1CN(c2cc(F)c(N3CC[Si](C)(C)CC3)c(F)c2)C(=O)O1. The number of ether oxygens (including phenoxy) is 1. The van der Waals surface area contributed by atoms with Crippen LogP contribution in [0.15, 0.2) is 17.1 Å². The van der Waals surface area contributed by atoms with Crippen molar-refractivity contribution in [1.29, 1.82) is 0 Å². The number of carbonyl (C=O) groups is 1. The van der Waals surface area contributed by atoms with Crippen LogP contribution in [-0.2, 0) is 4.74 Å². The molecule has 2 aliphatic rings. The van der Waals surface area contributed by atoms with E-state index in [1.54, 1.807) is 4.90 Å². The first-order chi connectivity index (χ1) is 11.8. The van der Waals surface area contributed by atoms with Gasteiger partial charge in [0, 0.05) is 25.2 Å². The van der Waals surface area contributed by atoms with Gasteiger partial charge in [-0.2, -0.15) is 0 Å². The van der Waals surface area contributed by atoms with Crippen molar-refractivity contribution in [1.82, 2.24) is 0 Å². The molecule has 1 atom stereocenters. The third-order valence-corrected chi connectivity index (χ3v) is 8.11. The standard InChI is InChI=1S/C17H23F2N3O2Si/c1-20-10-13-11-22(17(23)24-13)12-8-14(18)16(15(19)9-12)21-4-6-25(2,3)7-5-21/h8-9,13H,1,4-7,10-11H2,2-3H3. The molecule has 25 heavy (non-hydrogen) atoms. The second-order valence-corrected chi connectivity index (χ2v) is 12.8. The molecule has 2 aliphatic heterocycles. The summed E-state index contributed by atoms with van der Waals surface area (Å²) in [6, 6.07) is 4.45. The van der Waals surface area contributed by atoms with E-state index in [1.807, 2.05) is 0 Å². The summed E-state index contributed by atoms with van der Waals surface area (Å²) in [4.78, 5) is 18.6. The van der Waals surface area contributed by atoms with E-state index in [0.717, 1.165) is 12.1 Å². The van der Waals surface area contributed by atoms with Crippen LogP contribution >= 0.6 is 0 Å². The summed E-state index contributed by atoms with van der Waals surface area (Å²) in [6.45, 7) is 9.78. The maximum atomic E-state index is 14.6. The van der Waals surface area contributed by atoms with Gasteiger partial charge in [-0.05, 0) is 18.8 Å². The second kappa shape index (κ2) is 6.74. The lowest BCUT2D eigenvalue weighted by Gasteiger charge is -2.37. The second-order valence-electron chi connectivity index (χ2n) is 7.43. The van der Waals surface area contributed by atoms with Crippen LogP contribution in [0, 0.1) is 11.6 Å². The lowest BCUT2D eigenvalue weighted by atomic mass is 10.2. The quantitative estimate of drug-likeness (QED) is 0.604. The highest BCUT2D eigenvalue weighted by Gasteiger charge is 2.34. The van der Waals surface area contributed by atoms with E-state index in [-0.39, 0.29) is 24.5 Å². The maximum Gasteiger partial charge on any atom is 0.414 e. The first-order valence-electron chi connectivity index (χ1n) is 8.45. The Hall–Kier alpha value is -1.96. The number of halogens is 2. The molecule has 0 saturated carbocycles. The molecule has 0 N–H and O–H groups in total. The van der Waals surface area contributed by atoms with Crippen molar-refractivity contribution in [2.24, 2.45) is 4.99 Å². The number of benzene rings is 1. The van der Waals surface area contributed by atoms with E-state index < -0.39 is 31.9 Å². The highest BCUT2D eigenvalue weighted by atomic mass is 28.3. The van der Waals surface area contributed by atoms with Crippen LogP contribution in [-0.4, -0.2) is 53.2 Å². The molecule has 0 aliphatic carbocycles. The van der Waals surface area contributed by atoms with Crippen molar-refractivity contribution >= 4 is 32.3 Å². The molecule has 2 heterocycles. The summed E-state index contributed by atoms with van der Waals surface area (Å²) < 4.78 is 34.4. The summed E-state index contributed by atoms with van der Waals surface area (Å²) in [7, 11) is -1.23. The summed E-state index contributed by atoms with van der Waals surface area (Å²) in [5.41, 5.74) is 0.173. The largest absolute Gasteiger partial charge is 0.442 e. The van der Waals surface area contributed by atoms with Crippen molar-refractivity contribution in [3.63, 3.8) is 0 Å². The monoisotopic (exact) mass is 367 g/mol. The van der Waals surface area contributed by atoms with Gasteiger partial charge in [-0.1, -0.05) is 13.1 Å². The molecule has 0 spiro atoms. The van der Waals surface area contributed by atoms with Crippen LogP contribution in [0.1, 0.15) is 0 Å². The normalized spacial score (nSPS) is 22.9. The van der Waals surface area contributed by atoms with Gasteiger partial charge in [0.25, 0.3) is 0 Å². The minimum atomic E-state index is -1.23. The molecule has 1 aromatic rings. The van der Waals surface area contributed by atoms with Gasteiger partial charge >= 0.3 is 6.09 Å². The van der Waals surface area contributed by atoms with Gasteiger partial charge in [-0.3, -0.25) is 9.89 Å². The molecule has 0 radical (unpaired) electrons. The van der Waals surface area contributed by atoms with Crippen LogP contribution in [0.3, 0.4) is 0 Å². The minimum absolute atomic E-state index is 0.00474. The lowest BCUT2D eigenvalue weighted by Crippen LogP contribution is -2.43. The molecular weight excluding hydrogens is 344 g/mol. The molecule has 8 heteroatoms. The number of aliphatic imine (C=N–C) groups is 1. The molecule has 0 bridgehead atoms. The Bertz CT molecular complexity index is 665. The van der Waals surface area contributed by atoms with E-state index in [4.69, 9.17) is 4.74 Å². The van der Waals surface area contributed by atoms with Gasteiger partial charge in [0.1, 0.15) is 11.8 Å². The van der Waals surface area contributed by atoms with Gasteiger partial charge in [-0.25, -0.2) is 13.6 Å². The first-order valence-corrected chi connectivity index (χ1v) is 11.9. The van der Waals surface area contributed by atoms with Crippen molar-refractivity contribution in [2.75, 3.05) is 36.0 Å². The highest BCUT2D eigenvalue weighted by Crippen LogP contribution is 2.34. The third kappa shape index (κ3) is 3.68. The molecule has 2 saturated heterocycles. The Labute approximate surface area is 147 Å². The highest BCUT2D eigenvalue weighted by molar-refractivity contribution is 6.77. The Morgan fingerprint density at radius 1 is 1.28 bits per heavy atom. The molecule has 1 aromatic carbocycles. The number of hydrogen-bond donors (Lipinski definition) is 0. The number of nitrogens with zero attached hydrogens (tertiary/aromatic N) is 3. The molecule has 2 fully saturated rings. The molecule has 5 nitrogen and oxygen atoms in total. The Balaban J connectivity index is 1.81. The van der Waals surface area contributed by atoms with Gasteiger partial charge < -0.3 is 9.64 Å². The van der Waals surface area contributed by atoms with Crippen LogP contribution < -0.4 is 9.80 Å². The number of anilines is 2. The summed E-state index contributed by atoms with van der Waals surface area (Å²) in [6.07, 6.45) is -1.06. The van der Waals surface area contributed by atoms with Crippen molar-refractivity contribution < 1.29 is 18.3 Å². The van der Waals surface area contributed by atoms with E-state index in [9.17, 15) is 13.6 Å². The zero-order valence-corrected chi connectivity index (χ0v) is 15.6. The first kappa shape index (κ1) is 17.8. The average molecular weight is 367 g/mol. The Morgan fingerprint density at radius 2 is 1.88 bits per heavy atom. The van der Waals surface area contributed by atoms with E-state index in [2.05, 4.69) is 24.8 Å². The van der Waals surface area contributed by atoms with Gasteiger partial charge in [0.2, 0.25) is 0 Å². The van der Waals surface area contributed by atoms with Crippen LogP contribution in [0.2, 0.25) is 25.2 Å². The van der Waals surface area contributed by atoms with E-state index >= 15 is 0 Å². The lowest BCUT2D eigenvalue weighted by molar-refractivity contribution is 0.145. The smallest absolute Gasteiger partial charge is 0.414 e. The molecule has 1 unspecified atom stereocenters. The summed E-state index contributed by atoms with van der Waals surface area (Å²) in [5, 5.41) is 0. The topological polar surface area (TPSA) is 45.1 Å². The molecular formula is C17H23F2N3O2Si. The van der Waals surface area contributed by atoms with Crippen molar-refractivity contribution in [2.45, 2.75) is 31.3 Å².